The zero-order valence-corrected chi connectivity index (χ0v) is 15.6. The van der Waals surface area contributed by atoms with Gasteiger partial charge >= 0.3 is 12.0 Å². The number of likely N-dealkylation sites (tertiary alicyclic amines) is 1. The lowest BCUT2D eigenvalue weighted by Gasteiger charge is -2.20. The molecule has 0 spiro atoms. The molecule has 2 aromatic rings. The molecule has 1 fully saturated rings. The molecule has 1 atom stereocenters. The van der Waals surface area contributed by atoms with Gasteiger partial charge in [-0.2, -0.15) is 0 Å². The van der Waals surface area contributed by atoms with E-state index in [2.05, 4.69) is 5.32 Å². The summed E-state index contributed by atoms with van der Waals surface area (Å²) in [5, 5.41) is 11.8. The number of hydrogen-bond acceptors (Lipinski definition) is 4. The molecule has 0 aliphatic carbocycles. The third kappa shape index (κ3) is 4.00. The predicted octanol–water partition coefficient (Wildman–Crippen LogP) is 3.96. The molecule has 0 radical (unpaired) electrons. The number of halogens is 1. The summed E-state index contributed by atoms with van der Waals surface area (Å²) in [5.74, 6) is -0.769. The maximum atomic E-state index is 14.4. The molecule has 2 aromatic carbocycles. The molecule has 28 heavy (non-hydrogen) atoms. The first-order valence-corrected chi connectivity index (χ1v) is 8.72. The van der Waals surface area contributed by atoms with Crippen LogP contribution in [0.5, 0.6) is 17.2 Å². The van der Waals surface area contributed by atoms with Gasteiger partial charge in [0.2, 0.25) is 0 Å². The van der Waals surface area contributed by atoms with Gasteiger partial charge < -0.3 is 24.8 Å². The van der Waals surface area contributed by atoms with E-state index in [4.69, 9.17) is 9.47 Å². The topological polar surface area (TPSA) is 88.1 Å². The second-order valence-electron chi connectivity index (χ2n) is 6.87. The van der Waals surface area contributed by atoms with Crippen molar-refractivity contribution in [3.05, 3.63) is 48.3 Å². The smallest absolute Gasteiger partial charge is 0.321 e. The highest BCUT2D eigenvalue weighted by Crippen LogP contribution is 2.34. The number of amides is 2. The number of hydrogen-bond donors (Lipinski definition) is 2. The van der Waals surface area contributed by atoms with Crippen LogP contribution >= 0.6 is 0 Å². The molecule has 1 aliphatic rings. The minimum atomic E-state index is -0.963. The second-order valence-corrected chi connectivity index (χ2v) is 6.87. The van der Waals surface area contributed by atoms with Crippen molar-refractivity contribution in [2.24, 2.45) is 5.41 Å². The Labute approximate surface area is 161 Å². The Morgan fingerprint density at radius 3 is 2.50 bits per heavy atom. The number of methoxy groups -OCH3 is 1. The number of carbonyl (C=O) groups is 2. The zero-order chi connectivity index (χ0) is 20.3. The number of anilines is 1. The van der Waals surface area contributed by atoms with E-state index in [0.29, 0.717) is 24.5 Å². The van der Waals surface area contributed by atoms with E-state index >= 15 is 0 Å². The Balaban J connectivity index is 1.67. The third-order valence-electron chi connectivity index (χ3n) is 4.75. The number of para-hydroxylation sites is 2. The largest absolute Gasteiger partial charge is 0.493 e. The van der Waals surface area contributed by atoms with Crippen molar-refractivity contribution < 1.29 is 28.6 Å². The van der Waals surface area contributed by atoms with Gasteiger partial charge in [0.15, 0.2) is 23.1 Å². The van der Waals surface area contributed by atoms with E-state index < -0.39 is 23.2 Å². The number of benzene rings is 2. The van der Waals surface area contributed by atoms with Crippen molar-refractivity contribution in [3.8, 4) is 17.2 Å². The number of carbonyl (C=O) groups excluding carboxylic acids is 1. The summed E-state index contributed by atoms with van der Waals surface area (Å²) in [6.45, 7) is 2.03. The molecular weight excluding hydrogens is 367 g/mol. The summed E-state index contributed by atoms with van der Waals surface area (Å²) in [4.78, 5) is 25.1. The molecule has 2 amide bonds. The third-order valence-corrected chi connectivity index (χ3v) is 4.75. The van der Waals surface area contributed by atoms with E-state index in [0.717, 1.165) is 6.07 Å². The first kappa shape index (κ1) is 19.5. The molecule has 0 aromatic heterocycles. The molecule has 1 aliphatic heterocycles. The normalized spacial score (nSPS) is 18.6. The van der Waals surface area contributed by atoms with Gasteiger partial charge in [-0.15, -0.1) is 0 Å². The van der Waals surface area contributed by atoms with E-state index in [-0.39, 0.29) is 18.0 Å². The molecular formula is C20H21FN2O5. The van der Waals surface area contributed by atoms with Crippen LogP contribution in [0.25, 0.3) is 0 Å². The maximum Gasteiger partial charge on any atom is 0.321 e. The summed E-state index contributed by atoms with van der Waals surface area (Å²) >= 11 is 0. The molecule has 8 heteroatoms. The van der Waals surface area contributed by atoms with E-state index in [1.165, 1.54) is 24.1 Å². The number of nitrogens with zero attached hydrogens (tertiary/aromatic N) is 1. The molecule has 1 unspecified atom stereocenters. The van der Waals surface area contributed by atoms with E-state index in [9.17, 15) is 19.1 Å². The number of carboxylic acid groups (broad SMARTS) is 1. The van der Waals surface area contributed by atoms with Gasteiger partial charge in [0.25, 0.3) is 0 Å². The Morgan fingerprint density at radius 1 is 1.18 bits per heavy atom. The summed E-state index contributed by atoms with van der Waals surface area (Å²) in [6, 6.07) is 10.5. The van der Waals surface area contributed by atoms with Gasteiger partial charge in [0.1, 0.15) is 0 Å². The Bertz CT molecular complexity index is 904. The van der Waals surface area contributed by atoms with Crippen LogP contribution in [-0.4, -0.2) is 42.2 Å². The Hall–Kier alpha value is -3.29. The average Bonchev–Trinajstić information content (AvgIpc) is 3.08. The predicted molar refractivity (Wildman–Crippen MR) is 100 cm³/mol. The van der Waals surface area contributed by atoms with Crippen molar-refractivity contribution in [2.45, 2.75) is 13.3 Å². The Morgan fingerprint density at radius 2 is 1.89 bits per heavy atom. The van der Waals surface area contributed by atoms with Gasteiger partial charge in [-0.25, -0.2) is 9.18 Å². The standard InChI is InChI=1S/C20H21FN2O5/c1-20(18(24)25)9-10-23(12-20)19(26)22-13-7-8-15(14(21)11-13)28-17-6-4-3-5-16(17)27-2/h3-8,11H,9-10,12H2,1-2H3,(H,22,26)(H,24,25). The van der Waals surface area contributed by atoms with Crippen molar-refractivity contribution in [2.75, 3.05) is 25.5 Å². The Kier molecular flexibility index (Phi) is 5.39. The number of urea groups is 1. The second kappa shape index (κ2) is 7.75. The van der Waals surface area contributed by atoms with Crippen molar-refractivity contribution in [1.29, 1.82) is 0 Å². The molecule has 148 valence electrons. The molecule has 1 saturated heterocycles. The summed E-state index contributed by atoms with van der Waals surface area (Å²) in [7, 11) is 1.49. The van der Waals surface area contributed by atoms with Crippen LogP contribution in [0, 0.1) is 11.2 Å². The van der Waals surface area contributed by atoms with Crippen LogP contribution in [0.15, 0.2) is 42.5 Å². The zero-order valence-electron chi connectivity index (χ0n) is 15.6. The molecule has 1 heterocycles. The number of ether oxygens (including phenoxy) is 2. The molecule has 3 rings (SSSR count). The van der Waals surface area contributed by atoms with Crippen LogP contribution in [0.3, 0.4) is 0 Å². The lowest BCUT2D eigenvalue weighted by Crippen LogP contribution is -2.37. The quantitative estimate of drug-likeness (QED) is 0.810. The summed E-state index contributed by atoms with van der Waals surface area (Å²) in [6.07, 6.45) is 0.371. The van der Waals surface area contributed by atoms with Crippen molar-refractivity contribution in [3.63, 3.8) is 0 Å². The van der Waals surface area contributed by atoms with E-state index in [1.54, 1.807) is 31.2 Å². The number of nitrogens with one attached hydrogen (secondary N) is 1. The summed E-state index contributed by atoms with van der Waals surface area (Å²) in [5.41, 5.74) is -0.714. The van der Waals surface area contributed by atoms with Gasteiger partial charge in [-0.05, 0) is 37.6 Å². The van der Waals surface area contributed by atoms with E-state index in [1.807, 2.05) is 0 Å². The molecule has 2 N–H and O–H groups in total. The van der Waals surface area contributed by atoms with Crippen molar-refractivity contribution in [1.82, 2.24) is 4.90 Å². The fraction of sp³-hybridized carbons (Fsp3) is 0.300. The van der Waals surface area contributed by atoms with Crippen LogP contribution in [-0.2, 0) is 4.79 Å². The van der Waals surface area contributed by atoms with Crippen LogP contribution in [0.4, 0.5) is 14.9 Å². The van der Waals surface area contributed by atoms with Gasteiger partial charge in [0.05, 0.1) is 12.5 Å². The monoisotopic (exact) mass is 388 g/mol. The van der Waals surface area contributed by atoms with Crippen LogP contribution < -0.4 is 14.8 Å². The fourth-order valence-corrected chi connectivity index (χ4v) is 2.99. The number of carboxylic acids is 1. The first-order valence-electron chi connectivity index (χ1n) is 8.72. The SMILES string of the molecule is COc1ccccc1Oc1ccc(NC(=O)N2CCC(C)(C(=O)O)C2)cc1F. The van der Waals surface area contributed by atoms with Crippen LogP contribution in [0.1, 0.15) is 13.3 Å². The number of aliphatic carboxylic acids is 1. The molecule has 7 nitrogen and oxygen atoms in total. The lowest BCUT2D eigenvalue weighted by atomic mass is 9.90. The first-order chi connectivity index (χ1) is 13.3. The highest BCUT2D eigenvalue weighted by atomic mass is 19.1. The maximum absolute atomic E-state index is 14.4. The lowest BCUT2D eigenvalue weighted by molar-refractivity contribution is -0.146. The average molecular weight is 388 g/mol. The highest BCUT2D eigenvalue weighted by Gasteiger charge is 2.42. The highest BCUT2D eigenvalue weighted by molar-refractivity contribution is 5.90. The molecule has 0 bridgehead atoms. The molecule has 0 saturated carbocycles. The van der Waals surface area contributed by atoms with Crippen molar-refractivity contribution >= 4 is 17.7 Å². The minimum Gasteiger partial charge on any atom is -0.493 e. The van der Waals surface area contributed by atoms with Gasteiger partial charge in [0, 0.05) is 24.8 Å². The fourth-order valence-electron chi connectivity index (χ4n) is 2.99. The minimum absolute atomic E-state index is 0.0119. The van der Waals surface area contributed by atoms with Gasteiger partial charge in [-0.3, -0.25) is 4.79 Å². The number of rotatable bonds is 5. The van der Waals surface area contributed by atoms with Crippen LogP contribution in [0.2, 0.25) is 0 Å². The van der Waals surface area contributed by atoms with Gasteiger partial charge in [-0.1, -0.05) is 12.1 Å². The summed E-state index contributed by atoms with van der Waals surface area (Å²) < 4.78 is 25.1.